The van der Waals surface area contributed by atoms with Crippen LogP contribution in [0.25, 0.3) is 0 Å². The van der Waals surface area contributed by atoms with Gasteiger partial charge in [0.1, 0.15) is 18.2 Å². The van der Waals surface area contributed by atoms with Gasteiger partial charge in [-0.2, -0.15) is 0 Å². The third-order valence-corrected chi connectivity index (χ3v) is 6.89. The van der Waals surface area contributed by atoms with E-state index in [1.54, 1.807) is 26.0 Å². The highest BCUT2D eigenvalue weighted by molar-refractivity contribution is 5.77. The second kappa shape index (κ2) is 16.9. The Bertz CT molecular complexity index is 956. The number of carbonyl (C=O) groups excluding carboxylic acids is 4. The summed E-state index contributed by atoms with van der Waals surface area (Å²) in [5.74, 6) is -1.58. The van der Waals surface area contributed by atoms with Crippen molar-refractivity contribution in [3.8, 4) is 11.5 Å². The molecule has 1 aromatic carbocycles. The molecule has 1 aromatic rings. The smallest absolute Gasteiger partial charge is 0.323 e. The fraction of sp³-hybridized carbons (Fsp3) is 0.667. The van der Waals surface area contributed by atoms with Gasteiger partial charge in [0, 0.05) is 12.8 Å². The second-order valence-electron chi connectivity index (χ2n) is 10.4. The highest BCUT2D eigenvalue weighted by Gasteiger charge is 2.28. The number of hydrogen-bond donors (Lipinski definition) is 1. The van der Waals surface area contributed by atoms with Crippen molar-refractivity contribution < 1.29 is 38.1 Å². The lowest BCUT2D eigenvalue weighted by molar-refractivity contribution is -0.169. The molecule has 39 heavy (non-hydrogen) atoms. The summed E-state index contributed by atoms with van der Waals surface area (Å²) in [5, 5.41) is 0. The number of esters is 4. The largest absolute Gasteiger partial charge is 0.459 e. The summed E-state index contributed by atoms with van der Waals surface area (Å²) in [6.07, 6.45) is 7.21. The van der Waals surface area contributed by atoms with Crippen molar-refractivity contribution in [3.05, 3.63) is 23.8 Å². The molecule has 0 heterocycles. The van der Waals surface area contributed by atoms with E-state index in [0.717, 1.165) is 44.9 Å². The minimum absolute atomic E-state index is 0.0921. The van der Waals surface area contributed by atoms with Gasteiger partial charge in [-0.25, -0.2) is 0 Å². The first-order valence-electron chi connectivity index (χ1n) is 14.3. The summed E-state index contributed by atoms with van der Waals surface area (Å²) < 4.78 is 22.0. The Morgan fingerprint density at radius 3 is 2.00 bits per heavy atom. The fourth-order valence-corrected chi connectivity index (χ4v) is 4.25. The van der Waals surface area contributed by atoms with Crippen LogP contribution in [-0.2, 0) is 35.1 Å². The molecule has 0 saturated heterocycles. The lowest BCUT2D eigenvalue weighted by Crippen LogP contribution is -2.40. The molecule has 1 saturated carbocycles. The van der Waals surface area contributed by atoms with E-state index >= 15 is 0 Å². The van der Waals surface area contributed by atoms with Crippen molar-refractivity contribution >= 4 is 23.9 Å². The van der Waals surface area contributed by atoms with Crippen molar-refractivity contribution in [2.24, 2.45) is 11.7 Å². The van der Waals surface area contributed by atoms with Crippen LogP contribution in [0.3, 0.4) is 0 Å². The molecule has 3 atom stereocenters. The molecule has 9 heteroatoms. The molecule has 2 rings (SSSR count). The number of carbonyl (C=O) groups is 4. The van der Waals surface area contributed by atoms with E-state index < -0.39 is 36.2 Å². The molecule has 1 fully saturated rings. The molecule has 0 radical (unpaired) electrons. The van der Waals surface area contributed by atoms with E-state index in [0.29, 0.717) is 18.4 Å². The molecule has 0 spiro atoms. The van der Waals surface area contributed by atoms with Crippen molar-refractivity contribution in [1.29, 1.82) is 0 Å². The van der Waals surface area contributed by atoms with Gasteiger partial charge in [0.25, 0.3) is 0 Å². The molecule has 9 nitrogen and oxygen atoms in total. The van der Waals surface area contributed by atoms with Gasteiger partial charge in [-0.15, -0.1) is 0 Å². The van der Waals surface area contributed by atoms with E-state index in [1.165, 1.54) is 6.07 Å². The molecule has 0 aromatic heterocycles. The predicted molar refractivity (Wildman–Crippen MR) is 146 cm³/mol. The van der Waals surface area contributed by atoms with Crippen molar-refractivity contribution in [3.63, 3.8) is 0 Å². The summed E-state index contributed by atoms with van der Waals surface area (Å²) in [5.41, 5.74) is 6.74. The van der Waals surface area contributed by atoms with Crippen LogP contribution in [0.2, 0.25) is 0 Å². The SMILES string of the molecule is CCCCC(=O)Oc1ccc(C[C@H](N)C(=O)O[C@@H](C)[C@H](C)OC(=O)C2CCCCC2)cc1OC(=O)CCCC. The van der Waals surface area contributed by atoms with E-state index in [-0.39, 0.29) is 42.6 Å². The molecule has 2 N–H and O–H groups in total. The summed E-state index contributed by atoms with van der Waals surface area (Å²) >= 11 is 0. The molecule has 0 aliphatic heterocycles. The van der Waals surface area contributed by atoms with Gasteiger partial charge in [0.05, 0.1) is 5.92 Å². The lowest BCUT2D eigenvalue weighted by atomic mass is 9.89. The number of benzene rings is 1. The standard InChI is InChI=1S/C30H45NO8/c1-5-7-14-27(32)38-25-17-16-22(19-26(25)39-28(33)15-8-6-2)18-24(31)30(35)37-21(4)20(3)36-29(34)23-12-10-9-11-13-23/h16-17,19-21,23-24H,5-15,18,31H2,1-4H3/t20-,21-,24-/m0/s1. The Hall–Kier alpha value is -2.94. The Labute approximate surface area is 232 Å². The first-order chi connectivity index (χ1) is 18.6. The van der Waals surface area contributed by atoms with E-state index in [9.17, 15) is 19.2 Å². The molecule has 1 aliphatic carbocycles. The van der Waals surface area contributed by atoms with Crippen LogP contribution in [0.1, 0.15) is 104 Å². The minimum atomic E-state index is -1.00. The molecule has 0 bridgehead atoms. The fourth-order valence-electron chi connectivity index (χ4n) is 4.25. The third-order valence-electron chi connectivity index (χ3n) is 6.89. The van der Waals surface area contributed by atoms with Crippen LogP contribution in [0, 0.1) is 5.92 Å². The normalized spacial score (nSPS) is 16.0. The first-order valence-corrected chi connectivity index (χ1v) is 14.3. The number of rotatable bonds is 15. The number of hydrogen-bond acceptors (Lipinski definition) is 9. The highest BCUT2D eigenvalue weighted by atomic mass is 16.6. The second-order valence-corrected chi connectivity index (χ2v) is 10.4. The van der Waals surface area contributed by atoms with Crippen LogP contribution in [-0.4, -0.2) is 42.1 Å². The average Bonchev–Trinajstić information content (AvgIpc) is 2.92. The summed E-state index contributed by atoms with van der Waals surface area (Å²) in [7, 11) is 0. The minimum Gasteiger partial charge on any atom is -0.459 e. The average molecular weight is 548 g/mol. The van der Waals surface area contributed by atoms with Crippen molar-refractivity contribution in [2.75, 3.05) is 0 Å². The zero-order chi connectivity index (χ0) is 28.8. The summed E-state index contributed by atoms with van der Waals surface area (Å²) in [4.78, 5) is 49.6. The maximum absolute atomic E-state index is 12.7. The number of ether oxygens (including phenoxy) is 4. The van der Waals surface area contributed by atoms with E-state index in [2.05, 4.69) is 0 Å². The Kier molecular flexibility index (Phi) is 14.0. The summed E-state index contributed by atoms with van der Waals surface area (Å²) in [6.45, 7) is 7.31. The zero-order valence-corrected chi connectivity index (χ0v) is 23.9. The van der Waals surface area contributed by atoms with Crippen LogP contribution in [0.4, 0.5) is 0 Å². The Morgan fingerprint density at radius 1 is 0.846 bits per heavy atom. The molecule has 0 unspecified atom stereocenters. The topological polar surface area (TPSA) is 131 Å². The molecular weight excluding hydrogens is 502 g/mol. The van der Waals surface area contributed by atoms with Gasteiger partial charge >= 0.3 is 23.9 Å². The molecular formula is C30H45NO8. The van der Waals surface area contributed by atoms with Crippen LogP contribution in [0.5, 0.6) is 11.5 Å². The van der Waals surface area contributed by atoms with E-state index in [1.807, 2.05) is 13.8 Å². The van der Waals surface area contributed by atoms with Crippen molar-refractivity contribution in [2.45, 2.75) is 123 Å². The lowest BCUT2D eigenvalue weighted by Gasteiger charge is -2.26. The Morgan fingerprint density at radius 2 is 1.41 bits per heavy atom. The Balaban J connectivity index is 2.00. The van der Waals surface area contributed by atoms with Crippen molar-refractivity contribution in [1.82, 2.24) is 0 Å². The third kappa shape index (κ3) is 11.4. The van der Waals surface area contributed by atoms with Gasteiger partial charge < -0.3 is 24.7 Å². The number of unbranched alkanes of at least 4 members (excludes halogenated alkanes) is 2. The predicted octanol–water partition coefficient (Wildman–Crippen LogP) is 5.19. The van der Waals surface area contributed by atoms with E-state index in [4.69, 9.17) is 24.7 Å². The van der Waals surface area contributed by atoms with Crippen LogP contribution >= 0.6 is 0 Å². The first kappa shape index (κ1) is 32.3. The quantitative estimate of drug-likeness (QED) is 0.233. The highest BCUT2D eigenvalue weighted by Crippen LogP contribution is 2.30. The van der Waals surface area contributed by atoms with Gasteiger partial charge in [-0.1, -0.05) is 52.0 Å². The van der Waals surface area contributed by atoms with Crippen LogP contribution in [0.15, 0.2) is 18.2 Å². The van der Waals surface area contributed by atoms with Gasteiger partial charge in [0.2, 0.25) is 0 Å². The maximum Gasteiger partial charge on any atom is 0.323 e. The number of nitrogens with two attached hydrogens (primary N) is 1. The van der Waals surface area contributed by atoms with Gasteiger partial charge in [-0.3, -0.25) is 19.2 Å². The van der Waals surface area contributed by atoms with Gasteiger partial charge in [-0.05, 0) is 63.6 Å². The molecule has 1 aliphatic rings. The maximum atomic E-state index is 12.7. The zero-order valence-electron chi connectivity index (χ0n) is 23.9. The summed E-state index contributed by atoms with van der Waals surface area (Å²) in [6, 6.07) is 3.75. The van der Waals surface area contributed by atoms with Gasteiger partial charge in [0.15, 0.2) is 11.5 Å². The molecule has 0 amide bonds. The molecule has 218 valence electrons. The monoisotopic (exact) mass is 547 g/mol. The van der Waals surface area contributed by atoms with Crippen LogP contribution < -0.4 is 15.2 Å².